The minimum Gasteiger partial charge on any atom is -0.384 e. The van der Waals surface area contributed by atoms with Crippen LogP contribution in [-0.4, -0.2) is 29.7 Å². The zero-order chi connectivity index (χ0) is 15.4. The zero-order valence-electron chi connectivity index (χ0n) is 12.3. The standard InChI is InChI=1S/C16H19N3O3/c20-19(21)16-5-4-15(13-6-8-17-10-14(13)16)18-7-1-9-22-11-12-2-3-12/h4-6,8,10,12,18H,1-3,7,9,11H2. The summed E-state index contributed by atoms with van der Waals surface area (Å²) < 4.78 is 5.59. The van der Waals surface area contributed by atoms with E-state index in [1.807, 2.05) is 0 Å². The number of non-ortho nitro benzene ring substituents is 1. The molecule has 1 saturated carbocycles. The van der Waals surface area contributed by atoms with Crippen molar-refractivity contribution in [3.63, 3.8) is 0 Å². The molecule has 1 aromatic heterocycles. The van der Waals surface area contributed by atoms with E-state index in [0.29, 0.717) is 5.39 Å². The van der Waals surface area contributed by atoms with Gasteiger partial charge >= 0.3 is 0 Å². The molecule has 0 saturated heterocycles. The number of nitro benzene ring substituents is 1. The number of nitrogens with zero attached hydrogens (tertiary/aromatic N) is 2. The number of hydrogen-bond acceptors (Lipinski definition) is 5. The molecule has 1 N–H and O–H groups in total. The molecular weight excluding hydrogens is 282 g/mol. The fraction of sp³-hybridized carbons (Fsp3) is 0.438. The average Bonchev–Trinajstić information content (AvgIpc) is 3.34. The van der Waals surface area contributed by atoms with E-state index >= 15 is 0 Å². The molecule has 3 rings (SSSR count). The first-order valence-corrected chi connectivity index (χ1v) is 7.58. The third-order valence-electron chi connectivity index (χ3n) is 3.82. The lowest BCUT2D eigenvalue weighted by Crippen LogP contribution is -2.07. The van der Waals surface area contributed by atoms with E-state index in [2.05, 4.69) is 10.3 Å². The van der Waals surface area contributed by atoms with E-state index < -0.39 is 0 Å². The third-order valence-corrected chi connectivity index (χ3v) is 3.82. The van der Waals surface area contributed by atoms with Crippen LogP contribution in [0.3, 0.4) is 0 Å². The molecule has 1 aliphatic rings. The number of pyridine rings is 1. The van der Waals surface area contributed by atoms with Crippen molar-refractivity contribution in [2.75, 3.05) is 25.1 Å². The topological polar surface area (TPSA) is 77.3 Å². The summed E-state index contributed by atoms with van der Waals surface area (Å²) in [5.74, 6) is 0.791. The number of ether oxygens (including phenoxy) is 1. The summed E-state index contributed by atoms with van der Waals surface area (Å²) in [5.41, 5.74) is 0.978. The van der Waals surface area contributed by atoms with Gasteiger partial charge in [-0.2, -0.15) is 0 Å². The Morgan fingerprint density at radius 2 is 2.18 bits per heavy atom. The number of nitrogens with one attached hydrogen (secondary N) is 1. The Morgan fingerprint density at radius 3 is 2.95 bits per heavy atom. The van der Waals surface area contributed by atoms with Crippen molar-refractivity contribution >= 4 is 22.1 Å². The maximum absolute atomic E-state index is 11.1. The summed E-state index contributed by atoms with van der Waals surface area (Å²) in [7, 11) is 0. The highest BCUT2D eigenvalue weighted by Gasteiger charge is 2.20. The molecule has 1 aromatic carbocycles. The number of aromatic nitrogens is 1. The predicted octanol–water partition coefficient (Wildman–Crippen LogP) is 3.37. The Labute approximate surface area is 128 Å². The van der Waals surface area contributed by atoms with Crippen LogP contribution in [0.1, 0.15) is 19.3 Å². The van der Waals surface area contributed by atoms with Crippen molar-refractivity contribution in [1.29, 1.82) is 0 Å². The Balaban J connectivity index is 1.61. The average molecular weight is 301 g/mol. The lowest BCUT2D eigenvalue weighted by Gasteiger charge is -2.10. The van der Waals surface area contributed by atoms with Crippen LogP contribution in [0.2, 0.25) is 0 Å². The molecule has 0 radical (unpaired) electrons. The zero-order valence-corrected chi connectivity index (χ0v) is 12.3. The van der Waals surface area contributed by atoms with Crippen LogP contribution in [0.25, 0.3) is 10.8 Å². The molecule has 1 aliphatic carbocycles. The van der Waals surface area contributed by atoms with Crippen LogP contribution in [0.4, 0.5) is 11.4 Å². The quantitative estimate of drug-likeness (QED) is 0.459. The van der Waals surface area contributed by atoms with Gasteiger partial charge in [-0.05, 0) is 37.3 Å². The first-order valence-electron chi connectivity index (χ1n) is 7.58. The molecule has 0 aliphatic heterocycles. The van der Waals surface area contributed by atoms with Gasteiger partial charge in [-0.3, -0.25) is 15.1 Å². The summed E-state index contributed by atoms with van der Waals surface area (Å²) in [6.07, 6.45) is 6.71. The number of anilines is 1. The molecular formula is C16H19N3O3. The highest BCUT2D eigenvalue weighted by molar-refractivity contribution is 5.99. The molecule has 0 bridgehead atoms. The Morgan fingerprint density at radius 1 is 1.32 bits per heavy atom. The van der Waals surface area contributed by atoms with E-state index in [4.69, 9.17) is 4.74 Å². The van der Waals surface area contributed by atoms with E-state index in [0.717, 1.165) is 43.2 Å². The molecule has 116 valence electrons. The molecule has 6 nitrogen and oxygen atoms in total. The normalized spacial score (nSPS) is 14.2. The largest absolute Gasteiger partial charge is 0.384 e. The van der Waals surface area contributed by atoms with Crippen molar-refractivity contribution in [3.05, 3.63) is 40.7 Å². The van der Waals surface area contributed by atoms with Gasteiger partial charge in [0, 0.05) is 49.3 Å². The molecule has 0 unspecified atom stereocenters. The lowest BCUT2D eigenvalue weighted by molar-refractivity contribution is -0.383. The Kier molecular flexibility index (Phi) is 4.48. The van der Waals surface area contributed by atoms with E-state index in [1.54, 1.807) is 18.3 Å². The molecule has 0 amide bonds. The van der Waals surface area contributed by atoms with Crippen molar-refractivity contribution < 1.29 is 9.66 Å². The van der Waals surface area contributed by atoms with Gasteiger partial charge in [-0.25, -0.2) is 0 Å². The lowest BCUT2D eigenvalue weighted by atomic mass is 10.1. The molecule has 0 atom stereocenters. The highest BCUT2D eigenvalue weighted by Crippen LogP contribution is 2.30. The number of benzene rings is 1. The van der Waals surface area contributed by atoms with Crippen LogP contribution in [-0.2, 0) is 4.74 Å². The van der Waals surface area contributed by atoms with Gasteiger partial charge in [-0.1, -0.05) is 0 Å². The minimum absolute atomic E-state index is 0.0846. The van der Waals surface area contributed by atoms with Crippen molar-refractivity contribution in [3.8, 4) is 0 Å². The summed E-state index contributed by atoms with van der Waals surface area (Å²) in [6.45, 7) is 2.40. The van der Waals surface area contributed by atoms with Crippen LogP contribution in [0.15, 0.2) is 30.6 Å². The first-order chi connectivity index (χ1) is 10.8. The SMILES string of the molecule is O=[N+]([O-])c1ccc(NCCCOCC2CC2)c2ccncc12. The van der Waals surface area contributed by atoms with Gasteiger partial charge in [-0.15, -0.1) is 0 Å². The van der Waals surface area contributed by atoms with Gasteiger partial charge < -0.3 is 10.1 Å². The maximum Gasteiger partial charge on any atom is 0.278 e. The van der Waals surface area contributed by atoms with Crippen molar-refractivity contribution in [1.82, 2.24) is 4.98 Å². The molecule has 6 heteroatoms. The Bertz CT molecular complexity index is 671. The van der Waals surface area contributed by atoms with Gasteiger partial charge in [0.15, 0.2) is 0 Å². The van der Waals surface area contributed by atoms with Crippen LogP contribution < -0.4 is 5.32 Å². The summed E-state index contributed by atoms with van der Waals surface area (Å²) in [6, 6.07) is 5.08. The Hall–Kier alpha value is -2.21. The van der Waals surface area contributed by atoms with Crippen molar-refractivity contribution in [2.45, 2.75) is 19.3 Å². The second-order valence-corrected chi connectivity index (χ2v) is 5.61. The fourth-order valence-electron chi connectivity index (χ4n) is 2.42. The monoisotopic (exact) mass is 301 g/mol. The van der Waals surface area contributed by atoms with E-state index in [1.165, 1.54) is 25.1 Å². The minimum atomic E-state index is -0.375. The van der Waals surface area contributed by atoms with Crippen LogP contribution >= 0.6 is 0 Å². The van der Waals surface area contributed by atoms with E-state index in [-0.39, 0.29) is 10.6 Å². The number of hydrogen-bond donors (Lipinski definition) is 1. The number of rotatable bonds is 8. The molecule has 1 fully saturated rings. The van der Waals surface area contributed by atoms with Gasteiger partial charge in [0.25, 0.3) is 5.69 Å². The fourth-order valence-corrected chi connectivity index (χ4v) is 2.42. The van der Waals surface area contributed by atoms with E-state index in [9.17, 15) is 10.1 Å². The second kappa shape index (κ2) is 6.70. The summed E-state index contributed by atoms with van der Waals surface area (Å²) in [4.78, 5) is 14.7. The maximum atomic E-state index is 11.1. The molecule has 22 heavy (non-hydrogen) atoms. The number of nitro groups is 1. The highest BCUT2D eigenvalue weighted by atomic mass is 16.6. The second-order valence-electron chi connectivity index (χ2n) is 5.61. The third kappa shape index (κ3) is 3.51. The summed E-state index contributed by atoms with van der Waals surface area (Å²) >= 11 is 0. The van der Waals surface area contributed by atoms with Gasteiger partial charge in [0.2, 0.25) is 0 Å². The smallest absolute Gasteiger partial charge is 0.278 e. The van der Waals surface area contributed by atoms with Gasteiger partial charge in [0.05, 0.1) is 10.3 Å². The molecule has 2 aromatic rings. The molecule has 1 heterocycles. The van der Waals surface area contributed by atoms with Crippen molar-refractivity contribution in [2.24, 2.45) is 5.92 Å². The number of fused-ring (bicyclic) bond motifs is 1. The molecule has 0 spiro atoms. The predicted molar refractivity (Wildman–Crippen MR) is 85.0 cm³/mol. The first kappa shape index (κ1) is 14.7. The summed E-state index contributed by atoms with van der Waals surface area (Å²) in [5, 5.41) is 15.8. The van der Waals surface area contributed by atoms with Crippen LogP contribution in [0, 0.1) is 16.0 Å². The van der Waals surface area contributed by atoms with Crippen LogP contribution in [0.5, 0.6) is 0 Å². The van der Waals surface area contributed by atoms with Gasteiger partial charge in [0.1, 0.15) is 0 Å².